The lowest BCUT2D eigenvalue weighted by atomic mass is 9.87. The Balaban J connectivity index is 1.76. The summed E-state index contributed by atoms with van der Waals surface area (Å²) < 4.78 is 7.04. The molecule has 0 aromatic carbocycles. The summed E-state index contributed by atoms with van der Waals surface area (Å²) in [4.78, 5) is 68.7. The largest absolute Gasteiger partial charge is 0.427 e. The van der Waals surface area contributed by atoms with Crippen molar-refractivity contribution >= 4 is 12.2 Å². The Morgan fingerprint density at radius 3 is 1.66 bits per heavy atom. The van der Waals surface area contributed by atoms with Gasteiger partial charge in [0.2, 0.25) is 12.2 Å². The molecule has 0 aliphatic heterocycles. The Morgan fingerprint density at radius 2 is 1.28 bits per heavy atom. The molecule has 6 atom stereocenters. The van der Waals surface area contributed by atoms with E-state index in [4.69, 9.17) is 4.42 Å². The molecule has 6 unspecified atom stereocenters. The van der Waals surface area contributed by atoms with Gasteiger partial charge in [-0.25, -0.2) is 43.1 Å². The zero-order chi connectivity index (χ0) is 20.4. The van der Waals surface area contributed by atoms with Crippen LogP contribution in [0.4, 0.5) is 0 Å². The molecule has 0 saturated heterocycles. The number of aliphatic imine (C=N–C) groups is 2. The molecule has 4 fully saturated rings. The number of fused-ring (bicyclic) bond motifs is 4. The summed E-state index contributed by atoms with van der Waals surface area (Å²) in [6.45, 7) is 0. The summed E-state index contributed by atoms with van der Waals surface area (Å²) >= 11 is 0. The SMILES string of the molecule is O=C=NC1CC2CCC1(n1c(=O)oc(=O)n(C34CCC(CC3N=C=O)C4)c1=O)C2. The lowest BCUT2D eigenvalue weighted by Crippen LogP contribution is -2.61. The summed E-state index contributed by atoms with van der Waals surface area (Å²) in [5.41, 5.74) is -2.72. The highest BCUT2D eigenvalue weighted by Crippen LogP contribution is 2.54. The van der Waals surface area contributed by atoms with Crippen molar-refractivity contribution in [1.82, 2.24) is 9.13 Å². The normalized spacial score (nSPS) is 39.3. The van der Waals surface area contributed by atoms with E-state index in [0.717, 1.165) is 22.0 Å². The third kappa shape index (κ3) is 2.27. The molecule has 1 aromatic heterocycles. The van der Waals surface area contributed by atoms with Crippen LogP contribution >= 0.6 is 0 Å². The maximum absolute atomic E-state index is 13.6. The average Bonchev–Trinajstić information content (AvgIpc) is 3.41. The lowest BCUT2D eigenvalue weighted by Gasteiger charge is -2.36. The Kier molecular flexibility index (Phi) is 3.82. The van der Waals surface area contributed by atoms with Gasteiger partial charge in [-0.3, -0.25) is 0 Å². The molecular weight excluding hydrogens is 380 g/mol. The molecule has 0 N–H and O–H groups in total. The summed E-state index contributed by atoms with van der Waals surface area (Å²) in [5.74, 6) is -1.55. The van der Waals surface area contributed by atoms with E-state index in [0.29, 0.717) is 38.5 Å². The van der Waals surface area contributed by atoms with Crippen LogP contribution in [0.3, 0.4) is 0 Å². The van der Waals surface area contributed by atoms with Crippen LogP contribution in [0.1, 0.15) is 51.4 Å². The van der Waals surface area contributed by atoms with Crippen molar-refractivity contribution in [2.75, 3.05) is 0 Å². The first kappa shape index (κ1) is 18.2. The third-order valence-electron chi connectivity index (χ3n) is 7.84. The number of nitrogens with zero attached hydrogens (tertiary/aromatic N) is 4. The number of hydrogen-bond acceptors (Lipinski definition) is 8. The zero-order valence-corrected chi connectivity index (χ0v) is 15.7. The molecule has 1 aromatic rings. The number of hydrogen-bond donors (Lipinski definition) is 0. The highest BCUT2D eigenvalue weighted by molar-refractivity contribution is 5.35. The van der Waals surface area contributed by atoms with Crippen LogP contribution in [-0.4, -0.2) is 33.4 Å². The van der Waals surface area contributed by atoms with Crippen LogP contribution < -0.4 is 17.2 Å². The van der Waals surface area contributed by atoms with E-state index in [1.54, 1.807) is 12.2 Å². The van der Waals surface area contributed by atoms with Crippen LogP contribution in [0.2, 0.25) is 0 Å². The quantitative estimate of drug-likeness (QED) is 0.523. The van der Waals surface area contributed by atoms with Crippen molar-refractivity contribution in [3.8, 4) is 0 Å². The second-order valence-electron chi connectivity index (χ2n) is 8.96. The van der Waals surface area contributed by atoms with Gasteiger partial charge in [-0.2, -0.15) is 0 Å². The highest BCUT2D eigenvalue weighted by atomic mass is 16.5. The number of aromatic nitrogens is 2. The molecular formula is C19H20N4O6. The van der Waals surface area contributed by atoms with Gasteiger partial charge in [0.1, 0.15) is 0 Å². The van der Waals surface area contributed by atoms with Crippen molar-refractivity contribution in [3.63, 3.8) is 0 Å². The Labute approximate surface area is 164 Å². The van der Waals surface area contributed by atoms with Crippen molar-refractivity contribution in [3.05, 3.63) is 31.6 Å². The number of isocyanates is 2. The molecule has 29 heavy (non-hydrogen) atoms. The second-order valence-corrected chi connectivity index (χ2v) is 8.96. The fourth-order valence-electron chi connectivity index (χ4n) is 6.74. The highest BCUT2D eigenvalue weighted by Gasteiger charge is 2.59. The minimum absolute atomic E-state index is 0.247. The molecule has 152 valence electrons. The van der Waals surface area contributed by atoms with E-state index in [9.17, 15) is 24.0 Å². The van der Waals surface area contributed by atoms with Gasteiger partial charge in [0.25, 0.3) is 0 Å². The van der Waals surface area contributed by atoms with Crippen molar-refractivity contribution < 1.29 is 14.0 Å². The van der Waals surface area contributed by atoms with Crippen LogP contribution in [0.5, 0.6) is 0 Å². The third-order valence-corrected chi connectivity index (χ3v) is 7.84. The Bertz CT molecular complexity index is 1070. The maximum Gasteiger partial charge on any atom is 0.427 e. The summed E-state index contributed by atoms with van der Waals surface area (Å²) in [6, 6.07) is -1.10. The smallest absolute Gasteiger partial charge is 0.358 e. The average molecular weight is 400 g/mol. The Hall–Kier alpha value is -2.83. The molecule has 4 aliphatic rings. The van der Waals surface area contributed by atoms with Crippen molar-refractivity contribution in [2.24, 2.45) is 21.8 Å². The van der Waals surface area contributed by atoms with Gasteiger partial charge in [-0.05, 0) is 63.2 Å². The van der Waals surface area contributed by atoms with Gasteiger partial charge < -0.3 is 4.42 Å². The van der Waals surface area contributed by atoms with E-state index in [2.05, 4.69) is 9.98 Å². The molecule has 10 heteroatoms. The van der Waals surface area contributed by atoms with Crippen LogP contribution in [0.25, 0.3) is 0 Å². The van der Waals surface area contributed by atoms with E-state index in [-0.39, 0.29) is 11.8 Å². The minimum Gasteiger partial charge on any atom is -0.358 e. The molecule has 0 radical (unpaired) electrons. The molecule has 1 heterocycles. The molecule has 0 amide bonds. The van der Waals surface area contributed by atoms with Gasteiger partial charge in [0.05, 0.1) is 23.2 Å². The van der Waals surface area contributed by atoms with Crippen LogP contribution in [0, 0.1) is 11.8 Å². The van der Waals surface area contributed by atoms with Gasteiger partial charge in [0, 0.05) is 0 Å². The second kappa shape index (κ2) is 6.08. The summed E-state index contributed by atoms with van der Waals surface area (Å²) in [5, 5.41) is 0. The van der Waals surface area contributed by atoms with Crippen LogP contribution in [-0.2, 0) is 20.7 Å². The topological polar surface area (TPSA) is 133 Å². The molecule has 4 bridgehead atoms. The summed E-state index contributed by atoms with van der Waals surface area (Å²) in [6.07, 6.45) is 7.96. The molecule has 10 nitrogen and oxygen atoms in total. The van der Waals surface area contributed by atoms with E-state index >= 15 is 0 Å². The van der Waals surface area contributed by atoms with Gasteiger partial charge in [-0.15, -0.1) is 0 Å². The number of rotatable bonds is 4. The minimum atomic E-state index is -1.02. The summed E-state index contributed by atoms with van der Waals surface area (Å²) in [7, 11) is 0. The van der Waals surface area contributed by atoms with Gasteiger partial charge in [-0.1, -0.05) is 0 Å². The standard InChI is InChI=1S/C19H20N4O6/c24-9-20-13-5-11-1-3-18(13,7-11)22-15(26)23(17(28)29-16(22)27)19-4-2-12(8-19)6-14(19)21-10-25/h11-14H,1-8H2. The number of carbonyl (C=O) groups excluding carboxylic acids is 2. The first-order chi connectivity index (χ1) is 13.9. The zero-order valence-electron chi connectivity index (χ0n) is 15.7. The predicted molar refractivity (Wildman–Crippen MR) is 97.2 cm³/mol. The lowest BCUT2D eigenvalue weighted by molar-refractivity contribution is 0.145. The Morgan fingerprint density at radius 1 is 0.828 bits per heavy atom. The molecule has 4 aliphatic carbocycles. The first-order valence-electron chi connectivity index (χ1n) is 9.99. The van der Waals surface area contributed by atoms with Gasteiger partial charge >= 0.3 is 17.2 Å². The van der Waals surface area contributed by atoms with E-state index < -0.39 is 40.4 Å². The van der Waals surface area contributed by atoms with E-state index in [1.807, 2.05) is 0 Å². The molecule has 5 rings (SSSR count). The van der Waals surface area contributed by atoms with Crippen molar-refractivity contribution in [2.45, 2.75) is 74.5 Å². The molecule has 4 saturated carbocycles. The fourth-order valence-corrected chi connectivity index (χ4v) is 6.74. The van der Waals surface area contributed by atoms with Crippen LogP contribution in [0.15, 0.2) is 28.8 Å². The van der Waals surface area contributed by atoms with Crippen molar-refractivity contribution in [1.29, 1.82) is 0 Å². The molecule has 0 spiro atoms. The predicted octanol–water partition coefficient (Wildman–Crippen LogP) is 0.170. The fraction of sp³-hybridized carbons (Fsp3) is 0.737. The van der Waals surface area contributed by atoms with E-state index in [1.165, 1.54) is 0 Å². The maximum atomic E-state index is 13.6. The monoisotopic (exact) mass is 400 g/mol. The van der Waals surface area contributed by atoms with Gasteiger partial charge in [0.15, 0.2) is 0 Å². The first-order valence-corrected chi connectivity index (χ1v) is 9.99.